The lowest BCUT2D eigenvalue weighted by molar-refractivity contribution is -0.0989. The van der Waals surface area contributed by atoms with Crippen LogP contribution in [-0.2, 0) is 4.74 Å². The Morgan fingerprint density at radius 1 is 1.27 bits per heavy atom. The fourth-order valence-corrected chi connectivity index (χ4v) is 1.91. The van der Waals surface area contributed by atoms with Crippen molar-refractivity contribution in [3.05, 3.63) is 0 Å². The summed E-state index contributed by atoms with van der Waals surface area (Å²) in [6.45, 7) is 14.4. The van der Waals surface area contributed by atoms with E-state index >= 15 is 0 Å². The normalized spacial score (nSPS) is 19.2. The second-order valence-corrected chi connectivity index (χ2v) is 4.86. The molecule has 0 bridgehead atoms. The minimum absolute atomic E-state index is 0.412. The number of ether oxygens (including phenoxy) is 1. The van der Waals surface area contributed by atoms with Crippen LogP contribution in [0.2, 0.25) is 0 Å². The largest absolute Gasteiger partial charge is 0.380 e. The zero-order valence-corrected chi connectivity index (χ0v) is 10.5. The molecule has 0 amide bonds. The van der Waals surface area contributed by atoms with Crippen molar-refractivity contribution >= 4 is 0 Å². The zero-order valence-electron chi connectivity index (χ0n) is 10.5. The zero-order chi connectivity index (χ0) is 11.1. The molecular formula is C12H26N2O. The van der Waals surface area contributed by atoms with E-state index in [1.165, 1.54) is 26.1 Å². The molecule has 3 heteroatoms. The highest BCUT2D eigenvalue weighted by molar-refractivity contribution is 4.82. The first kappa shape index (κ1) is 12.9. The summed E-state index contributed by atoms with van der Waals surface area (Å²) in [6, 6.07) is 0. The van der Waals surface area contributed by atoms with E-state index in [2.05, 4.69) is 31.0 Å². The molecule has 1 N–H and O–H groups in total. The van der Waals surface area contributed by atoms with Crippen molar-refractivity contribution in [2.45, 2.75) is 27.2 Å². The van der Waals surface area contributed by atoms with Crippen LogP contribution >= 0.6 is 0 Å². The molecule has 0 radical (unpaired) electrons. The lowest BCUT2D eigenvalue weighted by atomic mass is 9.89. The van der Waals surface area contributed by atoms with E-state index in [9.17, 15) is 0 Å². The molecule has 1 heterocycles. The lowest BCUT2D eigenvalue weighted by Gasteiger charge is -2.38. The van der Waals surface area contributed by atoms with Gasteiger partial charge in [-0.3, -0.25) is 0 Å². The van der Waals surface area contributed by atoms with Crippen LogP contribution in [0, 0.1) is 5.41 Å². The van der Waals surface area contributed by atoms with Gasteiger partial charge in [-0.25, -0.2) is 0 Å². The Balaban J connectivity index is 1.92. The Kier molecular flexibility index (Phi) is 5.58. The van der Waals surface area contributed by atoms with E-state index < -0.39 is 0 Å². The number of nitrogens with zero attached hydrogens (tertiary/aromatic N) is 1. The molecular weight excluding hydrogens is 188 g/mol. The number of rotatable bonds is 8. The first-order valence-corrected chi connectivity index (χ1v) is 6.21. The molecule has 15 heavy (non-hydrogen) atoms. The van der Waals surface area contributed by atoms with Gasteiger partial charge in [0.05, 0.1) is 13.2 Å². The van der Waals surface area contributed by atoms with Crippen molar-refractivity contribution < 1.29 is 4.74 Å². The van der Waals surface area contributed by atoms with Gasteiger partial charge >= 0.3 is 0 Å². The molecule has 90 valence electrons. The molecule has 0 atom stereocenters. The van der Waals surface area contributed by atoms with Gasteiger partial charge in [0.25, 0.3) is 0 Å². The van der Waals surface area contributed by atoms with Gasteiger partial charge in [-0.2, -0.15) is 0 Å². The molecule has 1 aliphatic heterocycles. The molecule has 3 nitrogen and oxygen atoms in total. The average molecular weight is 214 g/mol. The predicted molar refractivity (Wildman–Crippen MR) is 64.2 cm³/mol. The predicted octanol–water partition coefficient (Wildman–Crippen LogP) is 1.34. The van der Waals surface area contributed by atoms with Gasteiger partial charge in [0.1, 0.15) is 0 Å². The van der Waals surface area contributed by atoms with Crippen LogP contribution in [0.25, 0.3) is 0 Å². The molecule has 0 spiro atoms. The van der Waals surface area contributed by atoms with E-state index in [1.807, 2.05) is 0 Å². The molecule has 1 saturated heterocycles. The van der Waals surface area contributed by atoms with Gasteiger partial charge < -0.3 is 15.0 Å². The highest BCUT2D eigenvalue weighted by Crippen LogP contribution is 2.24. The van der Waals surface area contributed by atoms with Crippen molar-refractivity contribution in [3.63, 3.8) is 0 Å². The third-order valence-electron chi connectivity index (χ3n) is 3.18. The monoisotopic (exact) mass is 214 g/mol. The first-order valence-electron chi connectivity index (χ1n) is 6.21. The summed E-state index contributed by atoms with van der Waals surface area (Å²) in [5.74, 6) is 0. The molecule has 1 aliphatic rings. The third-order valence-corrected chi connectivity index (χ3v) is 3.18. The maximum absolute atomic E-state index is 5.22. The molecule has 0 unspecified atom stereocenters. The van der Waals surface area contributed by atoms with Crippen LogP contribution in [0.1, 0.15) is 27.2 Å². The van der Waals surface area contributed by atoms with Crippen molar-refractivity contribution in [2.24, 2.45) is 5.41 Å². The summed E-state index contributed by atoms with van der Waals surface area (Å²) >= 11 is 0. The Hall–Kier alpha value is -0.120. The van der Waals surface area contributed by atoms with Crippen molar-refractivity contribution in [1.82, 2.24) is 10.2 Å². The Bertz CT molecular complexity index is 165. The lowest BCUT2D eigenvalue weighted by Crippen LogP contribution is -2.47. The molecule has 1 rings (SSSR count). The topological polar surface area (TPSA) is 24.5 Å². The van der Waals surface area contributed by atoms with Crippen LogP contribution in [0.15, 0.2) is 0 Å². The molecule has 0 aromatic rings. The summed E-state index contributed by atoms with van der Waals surface area (Å²) in [6.07, 6.45) is 1.25. The standard InChI is InChI=1S/C12H26N2O/c1-4-14(5-2)8-6-7-13-9-12(3)10-15-11-12/h13H,4-11H2,1-3H3. The number of nitrogens with one attached hydrogen (secondary N) is 1. The summed E-state index contributed by atoms with van der Waals surface area (Å²) < 4.78 is 5.22. The second kappa shape index (κ2) is 6.46. The fraction of sp³-hybridized carbons (Fsp3) is 1.00. The Morgan fingerprint density at radius 2 is 1.93 bits per heavy atom. The van der Waals surface area contributed by atoms with Crippen LogP contribution < -0.4 is 5.32 Å². The van der Waals surface area contributed by atoms with Gasteiger partial charge in [-0.15, -0.1) is 0 Å². The summed E-state index contributed by atoms with van der Waals surface area (Å²) in [5.41, 5.74) is 0.412. The Labute approximate surface area is 94.2 Å². The Morgan fingerprint density at radius 3 is 2.40 bits per heavy atom. The minimum atomic E-state index is 0.412. The molecule has 0 aromatic heterocycles. The van der Waals surface area contributed by atoms with Crippen molar-refractivity contribution in [1.29, 1.82) is 0 Å². The first-order chi connectivity index (χ1) is 7.20. The maximum Gasteiger partial charge on any atom is 0.0554 e. The summed E-state index contributed by atoms with van der Waals surface area (Å²) in [7, 11) is 0. The second-order valence-electron chi connectivity index (χ2n) is 4.86. The van der Waals surface area contributed by atoms with Gasteiger partial charge in [0.2, 0.25) is 0 Å². The quantitative estimate of drug-likeness (QED) is 0.617. The van der Waals surface area contributed by atoms with E-state index in [1.54, 1.807) is 0 Å². The van der Waals surface area contributed by atoms with Crippen LogP contribution in [-0.4, -0.2) is 50.8 Å². The number of hydrogen-bond donors (Lipinski definition) is 1. The third kappa shape index (κ3) is 4.49. The van der Waals surface area contributed by atoms with Crippen LogP contribution in [0.4, 0.5) is 0 Å². The smallest absolute Gasteiger partial charge is 0.0554 e. The maximum atomic E-state index is 5.22. The van der Waals surface area contributed by atoms with E-state index in [0.717, 1.165) is 26.3 Å². The van der Waals surface area contributed by atoms with Crippen LogP contribution in [0.5, 0.6) is 0 Å². The van der Waals surface area contributed by atoms with Crippen LogP contribution in [0.3, 0.4) is 0 Å². The van der Waals surface area contributed by atoms with E-state index in [-0.39, 0.29) is 0 Å². The van der Waals surface area contributed by atoms with Crippen molar-refractivity contribution in [2.75, 3.05) is 45.9 Å². The highest BCUT2D eigenvalue weighted by atomic mass is 16.5. The highest BCUT2D eigenvalue weighted by Gasteiger charge is 2.32. The molecule has 0 aromatic carbocycles. The summed E-state index contributed by atoms with van der Waals surface area (Å²) in [5, 5.41) is 3.52. The van der Waals surface area contributed by atoms with E-state index in [4.69, 9.17) is 4.74 Å². The average Bonchev–Trinajstić information content (AvgIpc) is 2.21. The van der Waals surface area contributed by atoms with Gasteiger partial charge in [-0.05, 0) is 32.6 Å². The number of hydrogen-bond acceptors (Lipinski definition) is 3. The fourth-order valence-electron chi connectivity index (χ4n) is 1.91. The minimum Gasteiger partial charge on any atom is -0.380 e. The van der Waals surface area contributed by atoms with Gasteiger partial charge in [0.15, 0.2) is 0 Å². The SMILES string of the molecule is CCN(CC)CCCNCC1(C)COC1. The van der Waals surface area contributed by atoms with Gasteiger partial charge in [0, 0.05) is 12.0 Å². The van der Waals surface area contributed by atoms with Crippen molar-refractivity contribution in [3.8, 4) is 0 Å². The van der Waals surface area contributed by atoms with Gasteiger partial charge in [-0.1, -0.05) is 20.8 Å². The summed E-state index contributed by atoms with van der Waals surface area (Å²) in [4.78, 5) is 2.47. The molecule has 0 aliphatic carbocycles. The molecule has 0 saturated carbocycles. The molecule has 1 fully saturated rings. The van der Waals surface area contributed by atoms with E-state index in [0.29, 0.717) is 5.41 Å².